The van der Waals surface area contributed by atoms with Crippen molar-refractivity contribution in [2.75, 3.05) is 20.3 Å². The SMILES string of the molecule is CCc1cc2c(cc1OCCCOc1cc3c(cc1OC)CN(C(=O)CC(C)C(=O)O)C3)CN(C(=O)CC(C)C(=O)O)C2. The van der Waals surface area contributed by atoms with E-state index in [-0.39, 0.29) is 24.7 Å². The third kappa shape index (κ3) is 7.57. The Bertz CT molecular complexity index is 1290. The first-order valence-electron chi connectivity index (χ1n) is 14.6. The molecule has 43 heavy (non-hydrogen) atoms. The number of carbonyl (C=O) groups is 4. The van der Waals surface area contributed by atoms with Gasteiger partial charge in [0.05, 0.1) is 32.2 Å². The minimum Gasteiger partial charge on any atom is -0.493 e. The van der Waals surface area contributed by atoms with Crippen LogP contribution in [0.3, 0.4) is 0 Å². The van der Waals surface area contributed by atoms with Gasteiger partial charge in [-0.25, -0.2) is 0 Å². The van der Waals surface area contributed by atoms with Crippen molar-refractivity contribution >= 4 is 23.8 Å². The van der Waals surface area contributed by atoms with E-state index < -0.39 is 23.8 Å². The summed E-state index contributed by atoms with van der Waals surface area (Å²) in [5.41, 5.74) is 5.00. The average molecular weight is 597 g/mol. The van der Waals surface area contributed by atoms with Gasteiger partial charge in [-0.1, -0.05) is 26.8 Å². The molecule has 0 radical (unpaired) electrons. The maximum atomic E-state index is 12.6. The summed E-state index contributed by atoms with van der Waals surface area (Å²) < 4.78 is 17.7. The Balaban J connectivity index is 1.30. The molecule has 11 heteroatoms. The summed E-state index contributed by atoms with van der Waals surface area (Å²) in [6, 6.07) is 7.80. The lowest BCUT2D eigenvalue weighted by molar-refractivity contribution is -0.145. The second-order valence-electron chi connectivity index (χ2n) is 11.3. The first-order valence-corrected chi connectivity index (χ1v) is 14.6. The molecule has 2 aliphatic heterocycles. The molecule has 0 bridgehead atoms. The van der Waals surface area contributed by atoms with Crippen molar-refractivity contribution in [3.05, 3.63) is 52.1 Å². The summed E-state index contributed by atoms with van der Waals surface area (Å²) in [6.07, 6.45) is 1.31. The molecule has 2 aromatic rings. The number of ether oxygens (including phenoxy) is 3. The third-order valence-corrected chi connectivity index (χ3v) is 8.01. The molecule has 0 saturated heterocycles. The van der Waals surface area contributed by atoms with Crippen molar-refractivity contribution in [1.82, 2.24) is 9.80 Å². The van der Waals surface area contributed by atoms with E-state index in [9.17, 15) is 19.2 Å². The van der Waals surface area contributed by atoms with E-state index >= 15 is 0 Å². The maximum Gasteiger partial charge on any atom is 0.306 e. The second-order valence-corrected chi connectivity index (χ2v) is 11.3. The summed E-state index contributed by atoms with van der Waals surface area (Å²) in [7, 11) is 1.56. The van der Waals surface area contributed by atoms with Gasteiger partial charge in [-0.2, -0.15) is 0 Å². The normalized spacial score (nSPS) is 15.0. The van der Waals surface area contributed by atoms with Gasteiger partial charge in [0.25, 0.3) is 0 Å². The van der Waals surface area contributed by atoms with E-state index in [1.54, 1.807) is 16.9 Å². The smallest absolute Gasteiger partial charge is 0.306 e. The minimum absolute atomic E-state index is 0.0230. The van der Waals surface area contributed by atoms with Crippen molar-refractivity contribution < 1.29 is 43.6 Å². The monoisotopic (exact) mass is 596 g/mol. The predicted octanol–water partition coefficient (Wildman–Crippen LogP) is 4.01. The van der Waals surface area contributed by atoms with Gasteiger partial charge in [0.2, 0.25) is 11.8 Å². The number of hydrogen-bond acceptors (Lipinski definition) is 7. The zero-order valence-corrected chi connectivity index (χ0v) is 25.2. The van der Waals surface area contributed by atoms with Gasteiger partial charge < -0.3 is 34.2 Å². The highest BCUT2D eigenvalue weighted by molar-refractivity contribution is 5.83. The van der Waals surface area contributed by atoms with Crippen LogP contribution in [0, 0.1) is 11.8 Å². The lowest BCUT2D eigenvalue weighted by Crippen LogP contribution is -2.28. The lowest BCUT2D eigenvalue weighted by atomic mass is 10.0. The van der Waals surface area contributed by atoms with Crippen LogP contribution in [0.25, 0.3) is 0 Å². The molecule has 2 amide bonds. The van der Waals surface area contributed by atoms with E-state index in [0.29, 0.717) is 57.3 Å². The molecule has 2 aromatic carbocycles. The predicted molar refractivity (Wildman–Crippen MR) is 156 cm³/mol. The van der Waals surface area contributed by atoms with Crippen LogP contribution in [0.2, 0.25) is 0 Å². The fraction of sp³-hybridized carbons (Fsp3) is 0.500. The first-order chi connectivity index (χ1) is 20.5. The number of amides is 2. The number of aryl methyl sites for hydroxylation is 1. The lowest BCUT2D eigenvalue weighted by Gasteiger charge is -2.16. The van der Waals surface area contributed by atoms with Crippen LogP contribution < -0.4 is 14.2 Å². The third-order valence-electron chi connectivity index (χ3n) is 8.01. The Morgan fingerprint density at radius 1 is 0.721 bits per heavy atom. The second kappa shape index (κ2) is 13.8. The molecule has 232 valence electrons. The number of nitrogens with zero attached hydrogens (tertiary/aromatic N) is 2. The van der Waals surface area contributed by atoms with Crippen molar-refractivity contribution in [3.8, 4) is 17.2 Å². The van der Waals surface area contributed by atoms with Gasteiger partial charge in [0, 0.05) is 45.4 Å². The molecule has 2 heterocycles. The van der Waals surface area contributed by atoms with Crippen LogP contribution in [0.15, 0.2) is 24.3 Å². The summed E-state index contributed by atoms with van der Waals surface area (Å²) in [5.74, 6) is -1.89. The Hall–Kier alpha value is -4.28. The van der Waals surface area contributed by atoms with Gasteiger partial charge in [0.1, 0.15) is 5.75 Å². The molecule has 4 rings (SSSR count). The van der Waals surface area contributed by atoms with Crippen molar-refractivity contribution in [2.24, 2.45) is 11.8 Å². The van der Waals surface area contributed by atoms with Gasteiger partial charge in [-0.05, 0) is 52.4 Å². The van der Waals surface area contributed by atoms with E-state index in [0.717, 1.165) is 40.0 Å². The van der Waals surface area contributed by atoms with Crippen LogP contribution in [-0.4, -0.2) is 64.1 Å². The van der Waals surface area contributed by atoms with Gasteiger partial charge in [-0.3, -0.25) is 19.2 Å². The Labute approximate surface area is 251 Å². The summed E-state index contributed by atoms with van der Waals surface area (Å²) in [4.78, 5) is 50.8. The van der Waals surface area contributed by atoms with E-state index in [1.165, 1.54) is 13.8 Å². The van der Waals surface area contributed by atoms with Crippen LogP contribution in [0.1, 0.15) is 67.9 Å². The molecule has 0 saturated carbocycles. The Morgan fingerprint density at radius 2 is 1.14 bits per heavy atom. The molecule has 0 spiro atoms. The Kier molecular flexibility index (Phi) is 10.2. The molecule has 2 aliphatic rings. The number of aliphatic carboxylic acids is 2. The number of carboxylic acids is 2. The van der Waals surface area contributed by atoms with E-state index in [4.69, 9.17) is 24.4 Å². The van der Waals surface area contributed by atoms with Crippen LogP contribution in [-0.2, 0) is 51.8 Å². The maximum absolute atomic E-state index is 12.6. The number of benzene rings is 2. The zero-order valence-electron chi connectivity index (χ0n) is 25.2. The van der Waals surface area contributed by atoms with Crippen molar-refractivity contribution in [1.29, 1.82) is 0 Å². The average Bonchev–Trinajstić information content (AvgIpc) is 3.59. The van der Waals surface area contributed by atoms with E-state index in [1.807, 2.05) is 25.1 Å². The molecule has 11 nitrogen and oxygen atoms in total. The van der Waals surface area contributed by atoms with Crippen molar-refractivity contribution in [3.63, 3.8) is 0 Å². The zero-order chi connectivity index (χ0) is 31.3. The molecule has 2 atom stereocenters. The molecule has 0 aromatic heterocycles. The minimum atomic E-state index is -0.990. The largest absolute Gasteiger partial charge is 0.493 e. The topological polar surface area (TPSA) is 143 Å². The summed E-state index contributed by atoms with van der Waals surface area (Å²) in [5, 5.41) is 18.3. The molecular formula is C32H40N2O9. The summed E-state index contributed by atoms with van der Waals surface area (Å²) >= 11 is 0. The highest BCUT2D eigenvalue weighted by atomic mass is 16.5. The quantitative estimate of drug-likeness (QED) is 0.309. The fourth-order valence-electron chi connectivity index (χ4n) is 5.30. The van der Waals surface area contributed by atoms with Crippen LogP contribution in [0.4, 0.5) is 0 Å². The highest BCUT2D eigenvalue weighted by Gasteiger charge is 2.29. The number of carbonyl (C=O) groups excluding carboxylic acids is 2. The number of methoxy groups -OCH3 is 1. The van der Waals surface area contributed by atoms with E-state index in [2.05, 4.69) is 6.07 Å². The fourth-order valence-corrected chi connectivity index (χ4v) is 5.30. The molecule has 2 unspecified atom stereocenters. The molecular weight excluding hydrogens is 556 g/mol. The summed E-state index contributed by atoms with van der Waals surface area (Å²) in [6.45, 7) is 7.61. The number of rotatable bonds is 14. The molecule has 2 N–H and O–H groups in total. The molecule has 0 aliphatic carbocycles. The van der Waals surface area contributed by atoms with Crippen LogP contribution >= 0.6 is 0 Å². The first kappa shape index (κ1) is 31.7. The van der Waals surface area contributed by atoms with Gasteiger partial charge in [0.15, 0.2) is 11.5 Å². The Morgan fingerprint density at radius 3 is 1.58 bits per heavy atom. The van der Waals surface area contributed by atoms with Crippen molar-refractivity contribution in [2.45, 2.75) is 72.6 Å². The van der Waals surface area contributed by atoms with Crippen LogP contribution in [0.5, 0.6) is 17.2 Å². The number of hydrogen-bond donors (Lipinski definition) is 2. The van der Waals surface area contributed by atoms with Gasteiger partial charge >= 0.3 is 11.9 Å². The number of carboxylic acid groups (broad SMARTS) is 2. The standard InChI is InChI=1S/C32H40N2O9/c1-5-21-11-22-15-33(29(35)9-19(2)31(37)38)16-23(22)12-26(21)42-7-6-8-43-28-14-25-18-34(17-24(25)13-27(28)41-4)30(36)10-20(3)32(39)40/h11-14,19-20H,5-10,15-18H2,1-4H3,(H,37,38)(H,39,40). The van der Waals surface area contributed by atoms with Gasteiger partial charge in [-0.15, -0.1) is 0 Å². The highest BCUT2D eigenvalue weighted by Crippen LogP contribution is 2.36. The number of fused-ring (bicyclic) bond motifs is 2. The molecule has 0 fully saturated rings.